The number of anilines is 1. The fourth-order valence-electron chi connectivity index (χ4n) is 3.86. The largest absolute Gasteiger partial charge is 0.330 e. The van der Waals surface area contributed by atoms with Crippen LogP contribution in [0.4, 0.5) is 5.69 Å². The van der Waals surface area contributed by atoms with E-state index in [9.17, 15) is 9.59 Å². The average molecular weight is 362 g/mol. The minimum absolute atomic E-state index is 0.0616. The molecule has 0 spiro atoms. The number of carbonyl (C=O) groups excluding carboxylic acids is 1. The summed E-state index contributed by atoms with van der Waals surface area (Å²) in [5.41, 5.74) is 8.57. The zero-order valence-electron chi connectivity index (χ0n) is 15.0. The van der Waals surface area contributed by atoms with Gasteiger partial charge < -0.3 is 10.6 Å². The molecule has 0 aliphatic carbocycles. The fourth-order valence-corrected chi connectivity index (χ4v) is 3.86. The summed E-state index contributed by atoms with van der Waals surface area (Å²) in [4.78, 5) is 26.7. The first-order chi connectivity index (χ1) is 13.2. The van der Waals surface area contributed by atoms with Gasteiger partial charge >= 0.3 is 0 Å². The fraction of sp³-hybridized carbons (Fsp3) is 0.286. The van der Waals surface area contributed by atoms with Gasteiger partial charge in [-0.15, -0.1) is 0 Å². The summed E-state index contributed by atoms with van der Waals surface area (Å²) in [6.45, 7) is 1.71. The Bertz CT molecular complexity index is 1040. The predicted molar refractivity (Wildman–Crippen MR) is 106 cm³/mol. The second-order valence-electron chi connectivity index (χ2n) is 6.84. The number of rotatable bonds is 5. The molecule has 0 saturated carbocycles. The van der Waals surface area contributed by atoms with E-state index in [0.29, 0.717) is 37.4 Å². The van der Waals surface area contributed by atoms with Crippen molar-refractivity contribution in [2.75, 3.05) is 18.0 Å². The van der Waals surface area contributed by atoms with E-state index in [1.807, 2.05) is 41.3 Å². The van der Waals surface area contributed by atoms with Crippen LogP contribution in [0.2, 0.25) is 0 Å². The Morgan fingerprint density at radius 1 is 1.15 bits per heavy atom. The van der Waals surface area contributed by atoms with Gasteiger partial charge in [0.1, 0.15) is 0 Å². The van der Waals surface area contributed by atoms with Gasteiger partial charge in [0, 0.05) is 30.0 Å². The van der Waals surface area contributed by atoms with Crippen molar-refractivity contribution in [2.24, 2.45) is 5.73 Å². The number of aryl methyl sites for hydroxylation is 1. The van der Waals surface area contributed by atoms with E-state index in [4.69, 9.17) is 5.73 Å². The smallest absolute Gasteiger partial charge is 0.228 e. The van der Waals surface area contributed by atoms with Crippen LogP contribution >= 0.6 is 0 Å². The predicted octanol–water partition coefficient (Wildman–Crippen LogP) is 2.27. The number of hydrogen-bond acceptors (Lipinski definition) is 4. The monoisotopic (exact) mass is 362 g/mol. The van der Waals surface area contributed by atoms with Gasteiger partial charge in [0.25, 0.3) is 0 Å². The molecule has 1 aromatic heterocycles. The molecule has 6 nitrogen and oxygen atoms in total. The van der Waals surface area contributed by atoms with E-state index in [0.717, 1.165) is 17.6 Å². The van der Waals surface area contributed by atoms with Gasteiger partial charge in [-0.1, -0.05) is 30.3 Å². The van der Waals surface area contributed by atoms with Crippen LogP contribution in [0.15, 0.2) is 59.5 Å². The first-order valence-corrected chi connectivity index (χ1v) is 9.23. The molecule has 2 aromatic carbocycles. The SMILES string of the molecule is NCCC1CN(C(=O)CCn2ncc(=O)c3ccccc32)c2ccccc21. The number of fused-ring (bicyclic) bond motifs is 2. The highest BCUT2D eigenvalue weighted by molar-refractivity contribution is 5.96. The maximum atomic E-state index is 12.9. The number of hydrogen-bond donors (Lipinski definition) is 1. The molecule has 138 valence electrons. The zero-order chi connectivity index (χ0) is 18.8. The molecule has 0 radical (unpaired) electrons. The molecule has 1 atom stereocenters. The highest BCUT2D eigenvalue weighted by Crippen LogP contribution is 2.37. The number of carbonyl (C=O) groups is 1. The van der Waals surface area contributed by atoms with Gasteiger partial charge in [0.2, 0.25) is 11.3 Å². The van der Waals surface area contributed by atoms with Crippen molar-refractivity contribution >= 4 is 22.5 Å². The maximum Gasteiger partial charge on any atom is 0.228 e. The molecule has 6 heteroatoms. The molecule has 1 unspecified atom stereocenters. The molecule has 0 bridgehead atoms. The van der Waals surface area contributed by atoms with Crippen molar-refractivity contribution in [3.8, 4) is 0 Å². The molecule has 1 amide bonds. The van der Waals surface area contributed by atoms with Crippen molar-refractivity contribution < 1.29 is 4.79 Å². The molecule has 1 aliphatic heterocycles. The summed E-state index contributed by atoms with van der Waals surface area (Å²) in [6, 6.07) is 15.4. The second kappa shape index (κ2) is 7.32. The van der Waals surface area contributed by atoms with E-state index < -0.39 is 0 Å². The molecule has 27 heavy (non-hydrogen) atoms. The molecule has 2 N–H and O–H groups in total. The van der Waals surface area contributed by atoms with Gasteiger partial charge in [-0.2, -0.15) is 5.10 Å². The highest BCUT2D eigenvalue weighted by Gasteiger charge is 2.31. The summed E-state index contributed by atoms with van der Waals surface area (Å²) >= 11 is 0. The minimum atomic E-state index is -0.105. The Morgan fingerprint density at radius 2 is 1.93 bits per heavy atom. The van der Waals surface area contributed by atoms with Crippen LogP contribution in [0.25, 0.3) is 10.9 Å². The second-order valence-corrected chi connectivity index (χ2v) is 6.84. The molecule has 0 saturated heterocycles. The summed E-state index contributed by atoms with van der Waals surface area (Å²) < 4.78 is 1.73. The first-order valence-electron chi connectivity index (χ1n) is 9.23. The van der Waals surface area contributed by atoms with Crippen molar-refractivity contribution in [1.82, 2.24) is 9.78 Å². The van der Waals surface area contributed by atoms with Crippen LogP contribution < -0.4 is 16.1 Å². The summed E-state index contributed by atoms with van der Waals surface area (Å²) in [5.74, 6) is 0.355. The Labute approximate surface area is 157 Å². The average Bonchev–Trinajstić information content (AvgIpc) is 3.07. The lowest BCUT2D eigenvalue weighted by molar-refractivity contribution is -0.118. The van der Waals surface area contributed by atoms with Crippen LogP contribution in [0, 0.1) is 0 Å². The Hall–Kier alpha value is -2.99. The number of para-hydroxylation sites is 2. The van der Waals surface area contributed by atoms with Crippen LogP contribution in [0.3, 0.4) is 0 Å². The number of benzene rings is 2. The maximum absolute atomic E-state index is 12.9. The third kappa shape index (κ3) is 3.24. The topological polar surface area (TPSA) is 81.2 Å². The van der Waals surface area contributed by atoms with Gasteiger partial charge in [0.05, 0.1) is 18.3 Å². The Kier molecular flexibility index (Phi) is 4.73. The minimum Gasteiger partial charge on any atom is -0.330 e. The number of nitrogens with two attached hydrogens (primary N) is 1. The quantitative estimate of drug-likeness (QED) is 0.755. The Morgan fingerprint density at radius 3 is 2.78 bits per heavy atom. The van der Waals surface area contributed by atoms with Gasteiger partial charge in [-0.3, -0.25) is 14.3 Å². The zero-order valence-corrected chi connectivity index (χ0v) is 15.0. The normalized spacial score (nSPS) is 15.9. The summed E-state index contributed by atoms with van der Waals surface area (Å²) in [5, 5.41) is 4.83. The number of amides is 1. The molecular weight excluding hydrogens is 340 g/mol. The third-order valence-electron chi connectivity index (χ3n) is 5.19. The van der Waals surface area contributed by atoms with Gasteiger partial charge in [0.15, 0.2) is 0 Å². The van der Waals surface area contributed by atoms with Crippen LogP contribution in [-0.2, 0) is 11.3 Å². The molecule has 1 aliphatic rings. The van der Waals surface area contributed by atoms with Crippen molar-refractivity contribution in [2.45, 2.75) is 25.3 Å². The molecule has 2 heterocycles. The van der Waals surface area contributed by atoms with Crippen molar-refractivity contribution in [3.05, 3.63) is 70.5 Å². The highest BCUT2D eigenvalue weighted by atomic mass is 16.2. The van der Waals surface area contributed by atoms with E-state index in [1.54, 1.807) is 10.7 Å². The summed E-state index contributed by atoms with van der Waals surface area (Å²) in [6.07, 6.45) is 2.51. The van der Waals surface area contributed by atoms with E-state index in [2.05, 4.69) is 11.2 Å². The van der Waals surface area contributed by atoms with Gasteiger partial charge in [-0.25, -0.2) is 0 Å². The van der Waals surface area contributed by atoms with E-state index in [-0.39, 0.29) is 11.3 Å². The van der Waals surface area contributed by atoms with E-state index in [1.165, 1.54) is 11.8 Å². The molecule has 0 fully saturated rings. The lowest BCUT2D eigenvalue weighted by Gasteiger charge is -2.18. The van der Waals surface area contributed by atoms with Gasteiger partial charge in [-0.05, 0) is 36.7 Å². The van der Waals surface area contributed by atoms with Crippen LogP contribution in [0.5, 0.6) is 0 Å². The van der Waals surface area contributed by atoms with Crippen LogP contribution in [0.1, 0.15) is 24.3 Å². The standard InChI is InChI=1S/C21H22N4O2/c22-11-9-15-14-24(18-7-3-1-5-16(15)18)21(27)10-12-25-19-8-4-2-6-17(19)20(26)13-23-25/h1-8,13,15H,9-12,14,22H2. The van der Waals surface area contributed by atoms with Crippen LogP contribution in [-0.4, -0.2) is 28.8 Å². The molecular formula is C21H22N4O2. The summed E-state index contributed by atoms with van der Waals surface area (Å²) in [7, 11) is 0. The Balaban J connectivity index is 1.54. The first kappa shape index (κ1) is 17.4. The van der Waals surface area contributed by atoms with Crippen molar-refractivity contribution in [1.29, 1.82) is 0 Å². The lowest BCUT2D eigenvalue weighted by Crippen LogP contribution is -2.31. The lowest BCUT2D eigenvalue weighted by atomic mass is 9.98. The van der Waals surface area contributed by atoms with E-state index >= 15 is 0 Å². The van der Waals surface area contributed by atoms with Crippen molar-refractivity contribution in [3.63, 3.8) is 0 Å². The molecule has 3 aromatic rings. The third-order valence-corrected chi connectivity index (χ3v) is 5.19. The number of nitrogens with zero attached hydrogens (tertiary/aromatic N) is 3. The number of aromatic nitrogens is 2. The molecule has 4 rings (SSSR count).